The Morgan fingerprint density at radius 1 is 1.10 bits per heavy atom. The van der Waals surface area contributed by atoms with Crippen LogP contribution in [0.15, 0.2) is 39.8 Å². The van der Waals surface area contributed by atoms with Crippen LogP contribution < -0.4 is 15.5 Å². The lowest BCUT2D eigenvalue weighted by molar-refractivity contribution is 0.380. The van der Waals surface area contributed by atoms with Gasteiger partial charge in [0, 0.05) is 51.6 Å². The number of benzene rings is 1. The van der Waals surface area contributed by atoms with Crippen LogP contribution in [0.25, 0.3) is 10.9 Å². The number of guanidine groups is 1. The molecule has 0 radical (unpaired) electrons. The van der Waals surface area contributed by atoms with E-state index < -0.39 is 0 Å². The predicted molar refractivity (Wildman–Crippen MR) is 134 cm³/mol. The first-order chi connectivity index (χ1) is 14.1. The molecule has 2 N–H and O–H groups in total. The molecular weight excluding hydrogens is 491 g/mol. The number of nitrogens with zero attached hydrogens (tertiary/aromatic N) is 4. The molecule has 0 spiro atoms. The van der Waals surface area contributed by atoms with E-state index in [2.05, 4.69) is 46.8 Å². The molecule has 30 heavy (non-hydrogen) atoms. The largest absolute Gasteiger partial charge is 0.363 e. The Hall–Kier alpha value is -2.36. The minimum absolute atomic E-state index is 0. The van der Waals surface area contributed by atoms with E-state index in [1.807, 2.05) is 37.2 Å². The molecule has 0 aliphatic carbocycles. The average Bonchev–Trinajstić information content (AvgIpc) is 3.15. The maximum atomic E-state index is 5.45. The summed E-state index contributed by atoms with van der Waals surface area (Å²) in [5.74, 6) is 2.61. The van der Waals surface area contributed by atoms with Crippen LogP contribution in [0.1, 0.15) is 36.4 Å². The lowest BCUT2D eigenvalue weighted by Crippen LogP contribution is -2.36. The van der Waals surface area contributed by atoms with Gasteiger partial charge in [-0.25, -0.2) is 4.98 Å². The van der Waals surface area contributed by atoms with Gasteiger partial charge in [-0.05, 0) is 24.1 Å². The molecule has 1 aromatic carbocycles. The normalized spacial score (nSPS) is 11.3. The molecule has 0 atom stereocenters. The van der Waals surface area contributed by atoms with Crippen LogP contribution in [0.2, 0.25) is 0 Å². The van der Waals surface area contributed by atoms with Crippen molar-refractivity contribution in [2.75, 3.05) is 26.0 Å². The Labute approximate surface area is 195 Å². The summed E-state index contributed by atoms with van der Waals surface area (Å²) in [7, 11) is 5.79. The summed E-state index contributed by atoms with van der Waals surface area (Å²) in [4.78, 5) is 11.1. The molecule has 0 amide bonds. The van der Waals surface area contributed by atoms with Crippen LogP contribution in [-0.4, -0.2) is 37.2 Å². The van der Waals surface area contributed by atoms with E-state index in [0.29, 0.717) is 13.1 Å². The van der Waals surface area contributed by atoms with E-state index >= 15 is 0 Å². The van der Waals surface area contributed by atoms with E-state index in [1.165, 1.54) is 5.56 Å². The van der Waals surface area contributed by atoms with Crippen molar-refractivity contribution < 1.29 is 4.52 Å². The highest BCUT2D eigenvalue weighted by Gasteiger charge is 2.14. The minimum atomic E-state index is 0. The first-order valence-corrected chi connectivity index (χ1v) is 10.0. The highest BCUT2D eigenvalue weighted by molar-refractivity contribution is 14.0. The average molecular weight is 522 g/mol. The molecule has 0 aliphatic rings. The molecule has 2 heterocycles. The van der Waals surface area contributed by atoms with Crippen molar-refractivity contribution in [3.05, 3.63) is 52.9 Å². The van der Waals surface area contributed by atoms with Crippen molar-refractivity contribution in [1.29, 1.82) is 0 Å². The molecule has 162 valence electrons. The van der Waals surface area contributed by atoms with Gasteiger partial charge in [0.25, 0.3) is 0 Å². The van der Waals surface area contributed by atoms with Gasteiger partial charge >= 0.3 is 0 Å². The highest BCUT2D eigenvalue weighted by atomic mass is 127. The van der Waals surface area contributed by atoms with Gasteiger partial charge in [0.1, 0.15) is 11.6 Å². The van der Waals surface area contributed by atoms with Crippen LogP contribution in [0.3, 0.4) is 0 Å². The quantitative estimate of drug-likeness (QED) is 0.279. The van der Waals surface area contributed by atoms with Gasteiger partial charge in [-0.3, -0.25) is 4.99 Å². The second-order valence-corrected chi connectivity index (χ2v) is 7.07. The van der Waals surface area contributed by atoms with Gasteiger partial charge in [-0.15, -0.1) is 24.0 Å². The summed E-state index contributed by atoms with van der Waals surface area (Å²) in [6.45, 7) is 5.45. The molecule has 0 saturated carbocycles. The summed E-state index contributed by atoms with van der Waals surface area (Å²) >= 11 is 0. The Balaban J connectivity index is 0.00000320. The number of aryl methyl sites for hydroxylation is 2. The Morgan fingerprint density at radius 2 is 1.83 bits per heavy atom. The summed E-state index contributed by atoms with van der Waals surface area (Å²) in [5.41, 5.74) is 4.29. The van der Waals surface area contributed by atoms with Crippen molar-refractivity contribution in [3.63, 3.8) is 0 Å². The zero-order valence-corrected chi connectivity index (χ0v) is 20.7. The fraction of sp³-hybridized carbons (Fsp3) is 0.409. The van der Waals surface area contributed by atoms with Crippen molar-refractivity contribution >= 4 is 46.7 Å². The molecular formula is C22H31IN6O. The third-order valence-corrected chi connectivity index (χ3v) is 4.96. The Morgan fingerprint density at radius 3 is 2.50 bits per heavy atom. The van der Waals surface area contributed by atoms with Gasteiger partial charge in [0.2, 0.25) is 0 Å². The fourth-order valence-electron chi connectivity index (χ4n) is 3.32. The SMILES string of the molecule is CCc1noc(CC)c1CNC(=NC)NCc1cc(N(C)C)nc2ccccc12.I. The standard InChI is InChI=1S/C22H30N6O.HI/c1-6-18-17(20(7-2)29-27-18)14-25-22(23-3)24-13-15-12-21(28(4)5)26-19-11-9-8-10-16(15)19;/h8-12H,6-7,13-14H2,1-5H3,(H2,23,24,25);1H. The Kier molecular flexibility index (Phi) is 8.88. The first-order valence-electron chi connectivity index (χ1n) is 10.0. The number of fused-ring (bicyclic) bond motifs is 1. The van der Waals surface area contributed by atoms with E-state index in [9.17, 15) is 0 Å². The van der Waals surface area contributed by atoms with E-state index in [0.717, 1.165) is 52.5 Å². The molecule has 0 bridgehead atoms. The predicted octanol–water partition coefficient (Wildman–Crippen LogP) is 3.90. The van der Waals surface area contributed by atoms with Gasteiger partial charge in [-0.2, -0.15) is 0 Å². The number of aliphatic imine (C=N–C) groups is 1. The smallest absolute Gasteiger partial charge is 0.191 e. The highest BCUT2D eigenvalue weighted by Crippen LogP contribution is 2.22. The number of aromatic nitrogens is 2. The third kappa shape index (κ3) is 5.41. The molecule has 3 rings (SSSR count). The van der Waals surface area contributed by atoms with E-state index in [1.54, 1.807) is 7.05 Å². The number of halogens is 1. The van der Waals surface area contributed by atoms with E-state index in [4.69, 9.17) is 9.51 Å². The van der Waals surface area contributed by atoms with Crippen LogP contribution in [-0.2, 0) is 25.9 Å². The van der Waals surface area contributed by atoms with Crippen molar-refractivity contribution in [1.82, 2.24) is 20.8 Å². The topological polar surface area (TPSA) is 78.6 Å². The number of hydrogen-bond donors (Lipinski definition) is 2. The number of para-hydroxylation sites is 1. The molecule has 0 unspecified atom stereocenters. The van der Waals surface area contributed by atoms with Gasteiger partial charge in [0.15, 0.2) is 5.96 Å². The number of nitrogens with one attached hydrogen (secondary N) is 2. The molecule has 3 aromatic rings. The van der Waals surface area contributed by atoms with Gasteiger partial charge in [-0.1, -0.05) is 37.2 Å². The van der Waals surface area contributed by atoms with Crippen LogP contribution in [0, 0.1) is 0 Å². The molecule has 8 heteroatoms. The second-order valence-electron chi connectivity index (χ2n) is 7.07. The van der Waals surface area contributed by atoms with Crippen LogP contribution in [0.5, 0.6) is 0 Å². The molecule has 0 fully saturated rings. The van der Waals surface area contributed by atoms with E-state index in [-0.39, 0.29) is 24.0 Å². The summed E-state index contributed by atoms with van der Waals surface area (Å²) < 4.78 is 5.45. The monoisotopic (exact) mass is 522 g/mol. The first kappa shape index (κ1) is 23.9. The lowest BCUT2D eigenvalue weighted by atomic mass is 10.1. The van der Waals surface area contributed by atoms with Gasteiger partial charge in [0.05, 0.1) is 11.2 Å². The van der Waals surface area contributed by atoms with Crippen molar-refractivity contribution in [2.45, 2.75) is 39.8 Å². The number of rotatable bonds is 7. The maximum absolute atomic E-state index is 5.45. The van der Waals surface area contributed by atoms with Crippen LogP contribution >= 0.6 is 24.0 Å². The number of pyridine rings is 1. The lowest BCUT2D eigenvalue weighted by Gasteiger charge is -2.17. The van der Waals surface area contributed by atoms with Gasteiger partial charge < -0.3 is 20.1 Å². The minimum Gasteiger partial charge on any atom is -0.363 e. The molecule has 0 aliphatic heterocycles. The fourth-order valence-corrected chi connectivity index (χ4v) is 3.32. The van der Waals surface area contributed by atoms with Crippen LogP contribution in [0.4, 0.5) is 5.82 Å². The summed E-state index contributed by atoms with van der Waals surface area (Å²) in [5, 5.41) is 12.1. The van der Waals surface area contributed by atoms with Crippen molar-refractivity contribution in [3.8, 4) is 0 Å². The zero-order chi connectivity index (χ0) is 20.8. The third-order valence-electron chi connectivity index (χ3n) is 4.96. The van der Waals surface area contributed by atoms with Crippen molar-refractivity contribution in [2.24, 2.45) is 4.99 Å². The number of anilines is 1. The molecule has 7 nitrogen and oxygen atoms in total. The Bertz CT molecular complexity index is 977. The molecule has 2 aromatic heterocycles. The summed E-state index contributed by atoms with van der Waals surface area (Å²) in [6, 6.07) is 10.3. The zero-order valence-electron chi connectivity index (χ0n) is 18.3. The second kappa shape index (κ2) is 11.1. The summed E-state index contributed by atoms with van der Waals surface area (Å²) in [6.07, 6.45) is 1.68. The maximum Gasteiger partial charge on any atom is 0.191 e. The number of hydrogen-bond acceptors (Lipinski definition) is 5. The molecule has 0 saturated heterocycles.